The number of nitrogens with zero attached hydrogens (tertiary/aromatic N) is 2. The Balaban J connectivity index is 1.81. The Kier molecular flexibility index (Phi) is 4.94. The van der Waals surface area contributed by atoms with Gasteiger partial charge in [0.05, 0.1) is 28.8 Å². The fourth-order valence-corrected chi connectivity index (χ4v) is 7.41. The van der Waals surface area contributed by atoms with Gasteiger partial charge in [-0.05, 0) is 24.3 Å². The first-order chi connectivity index (χ1) is 13.7. The minimum atomic E-state index is -4.63. The number of anilines is 1. The highest BCUT2D eigenvalue weighted by molar-refractivity contribution is 8.16. The van der Waals surface area contributed by atoms with Crippen molar-refractivity contribution in [1.29, 1.82) is 0 Å². The van der Waals surface area contributed by atoms with Crippen molar-refractivity contribution in [3.05, 3.63) is 65.7 Å². The van der Waals surface area contributed by atoms with E-state index in [1.54, 1.807) is 30.3 Å². The Hall–Kier alpha value is -2.33. The van der Waals surface area contributed by atoms with Crippen molar-refractivity contribution in [3.8, 4) is 0 Å². The number of rotatable bonds is 2. The number of hydrogen-bond acceptors (Lipinski definition) is 4. The van der Waals surface area contributed by atoms with Crippen molar-refractivity contribution < 1.29 is 26.4 Å². The van der Waals surface area contributed by atoms with E-state index in [2.05, 4.69) is 4.99 Å². The number of alkyl halides is 3. The van der Waals surface area contributed by atoms with Crippen molar-refractivity contribution in [3.63, 3.8) is 0 Å². The van der Waals surface area contributed by atoms with Gasteiger partial charge in [-0.25, -0.2) is 8.42 Å². The molecule has 2 fully saturated rings. The topological polar surface area (TPSA) is 66.8 Å². The van der Waals surface area contributed by atoms with Gasteiger partial charge >= 0.3 is 6.18 Å². The van der Waals surface area contributed by atoms with Crippen molar-refractivity contribution in [2.24, 2.45) is 4.99 Å². The molecule has 0 aromatic heterocycles. The summed E-state index contributed by atoms with van der Waals surface area (Å²) in [6.07, 6.45) is -4.63. The first-order valence-electron chi connectivity index (χ1n) is 8.66. The van der Waals surface area contributed by atoms with E-state index >= 15 is 0 Å². The largest absolute Gasteiger partial charge is 0.418 e. The van der Waals surface area contributed by atoms with Crippen molar-refractivity contribution in [1.82, 2.24) is 0 Å². The minimum absolute atomic E-state index is 0.0838. The number of thioether (sulfide) groups is 1. The van der Waals surface area contributed by atoms with Crippen LogP contribution >= 0.6 is 11.8 Å². The van der Waals surface area contributed by atoms with E-state index in [1.807, 2.05) is 0 Å². The zero-order valence-electron chi connectivity index (χ0n) is 14.8. The third-order valence-electron chi connectivity index (χ3n) is 4.75. The van der Waals surface area contributed by atoms with Crippen molar-refractivity contribution in [2.75, 3.05) is 16.4 Å². The lowest BCUT2D eigenvalue weighted by molar-refractivity contribution is -0.137. The number of hydrogen-bond donors (Lipinski definition) is 0. The highest BCUT2D eigenvalue weighted by atomic mass is 32.2. The molecule has 2 aliphatic heterocycles. The third-order valence-corrected chi connectivity index (χ3v) is 7.96. The molecule has 0 saturated carbocycles. The van der Waals surface area contributed by atoms with Gasteiger partial charge in [-0.15, -0.1) is 0 Å². The second kappa shape index (κ2) is 7.17. The lowest BCUT2D eigenvalue weighted by Crippen LogP contribution is -2.39. The average molecular weight is 440 g/mol. The van der Waals surface area contributed by atoms with Gasteiger partial charge in [0, 0.05) is 10.8 Å². The molecular formula is C19H15F3N2O3S2. The highest BCUT2D eigenvalue weighted by Gasteiger charge is 2.51. The molecule has 2 aromatic rings. The number of halogens is 3. The van der Waals surface area contributed by atoms with Crippen LogP contribution in [0.2, 0.25) is 0 Å². The smallest absolute Gasteiger partial charge is 0.315 e. The van der Waals surface area contributed by atoms with Crippen LogP contribution in [0.25, 0.3) is 0 Å². The van der Waals surface area contributed by atoms with Gasteiger partial charge in [-0.1, -0.05) is 42.1 Å². The lowest BCUT2D eigenvalue weighted by atomic mass is 10.1. The number of fused-ring (bicyclic) bond motifs is 1. The maximum absolute atomic E-state index is 13.6. The van der Waals surface area contributed by atoms with Gasteiger partial charge in [-0.3, -0.25) is 4.79 Å². The van der Waals surface area contributed by atoms with Crippen LogP contribution in [-0.4, -0.2) is 42.3 Å². The van der Waals surface area contributed by atoms with Gasteiger partial charge < -0.3 is 4.90 Å². The van der Waals surface area contributed by atoms with Crippen LogP contribution in [0.15, 0.2) is 59.6 Å². The van der Waals surface area contributed by atoms with E-state index < -0.39 is 38.8 Å². The maximum Gasteiger partial charge on any atom is 0.418 e. The average Bonchev–Trinajstić information content (AvgIpc) is 3.12. The van der Waals surface area contributed by atoms with E-state index in [4.69, 9.17) is 0 Å². The number of benzene rings is 2. The Morgan fingerprint density at radius 2 is 1.69 bits per heavy atom. The number of amides is 1. The fourth-order valence-electron chi connectivity index (χ4n) is 3.50. The van der Waals surface area contributed by atoms with E-state index in [0.717, 1.165) is 17.8 Å². The van der Waals surface area contributed by atoms with Gasteiger partial charge in [0.15, 0.2) is 15.0 Å². The predicted molar refractivity (Wildman–Crippen MR) is 106 cm³/mol. The zero-order chi connectivity index (χ0) is 20.8. The normalized spacial score (nSPS) is 24.7. The minimum Gasteiger partial charge on any atom is -0.315 e. The van der Waals surface area contributed by atoms with Gasteiger partial charge in [-0.2, -0.15) is 18.2 Å². The first-order valence-corrected chi connectivity index (χ1v) is 11.4. The summed E-state index contributed by atoms with van der Waals surface area (Å²) in [5.74, 6) is -1.04. The van der Waals surface area contributed by atoms with Crippen molar-refractivity contribution in [2.45, 2.75) is 17.5 Å². The summed E-state index contributed by atoms with van der Waals surface area (Å²) in [5, 5.41) is -0.399. The molecule has 4 rings (SSSR count). The molecule has 2 saturated heterocycles. The van der Waals surface area contributed by atoms with E-state index in [-0.39, 0.29) is 22.4 Å². The molecule has 1 amide bonds. The molecule has 0 N–H and O–H groups in total. The monoisotopic (exact) mass is 440 g/mol. The summed E-state index contributed by atoms with van der Waals surface area (Å²) in [6, 6.07) is 12.4. The van der Waals surface area contributed by atoms with E-state index in [1.165, 1.54) is 23.1 Å². The van der Waals surface area contributed by atoms with Gasteiger partial charge in [0.2, 0.25) is 0 Å². The summed E-state index contributed by atoms with van der Waals surface area (Å²) in [7, 11) is -3.38. The molecule has 0 spiro atoms. The first kappa shape index (κ1) is 20.0. The Bertz CT molecular complexity index is 1090. The van der Waals surface area contributed by atoms with E-state index in [0.29, 0.717) is 5.56 Å². The second-order valence-corrected chi connectivity index (χ2v) is 10.1. The molecule has 0 bridgehead atoms. The molecule has 0 aliphatic carbocycles. The zero-order valence-corrected chi connectivity index (χ0v) is 16.5. The van der Waals surface area contributed by atoms with Gasteiger partial charge in [0.25, 0.3) is 5.91 Å². The molecule has 5 nitrogen and oxygen atoms in total. The molecule has 0 unspecified atom stereocenters. The number of sulfone groups is 1. The molecule has 2 heterocycles. The summed E-state index contributed by atoms with van der Waals surface area (Å²) in [5.41, 5.74) is -0.795. The second-order valence-electron chi connectivity index (χ2n) is 6.75. The van der Waals surface area contributed by atoms with Crippen LogP contribution < -0.4 is 4.90 Å². The van der Waals surface area contributed by atoms with E-state index in [9.17, 15) is 26.4 Å². The van der Waals surface area contributed by atoms with Crippen LogP contribution in [0.1, 0.15) is 15.9 Å². The molecule has 2 atom stereocenters. The number of carbonyl (C=O) groups is 1. The molecule has 2 aliphatic rings. The molecule has 2 aromatic carbocycles. The van der Waals surface area contributed by atoms with Crippen LogP contribution in [0, 0.1) is 0 Å². The summed E-state index contributed by atoms with van der Waals surface area (Å²) in [4.78, 5) is 17.9. The van der Waals surface area contributed by atoms with Crippen molar-refractivity contribution >= 4 is 38.4 Å². The number of para-hydroxylation sites is 1. The maximum atomic E-state index is 13.6. The van der Waals surface area contributed by atoms with Crippen LogP contribution in [0.5, 0.6) is 0 Å². The SMILES string of the molecule is O=C(N=C1S[C@@H]2CS(=O)(=O)C[C@@H]2N1c1ccccc1C(F)(F)F)c1ccccc1. The molecule has 152 valence electrons. The lowest BCUT2D eigenvalue weighted by Gasteiger charge is -2.27. The third kappa shape index (κ3) is 3.91. The highest BCUT2D eigenvalue weighted by Crippen LogP contribution is 2.45. The number of carbonyl (C=O) groups excluding carboxylic acids is 1. The predicted octanol–water partition coefficient (Wildman–Crippen LogP) is 3.62. The number of aliphatic imine (C=N–C) groups is 1. The van der Waals surface area contributed by atoms with Crippen LogP contribution in [0.4, 0.5) is 18.9 Å². The Morgan fingerprint density at radius 1 is 1.03 bits per heavy atom. The fraction of sp³-hybridized carbons (Fsp3) is 0.263. The van der Waals surface area contributed by atoms with Gasteiger partial charge in [0.1, 0.15) is 0 Å². The number of amidine groups is 1. The Labute approximate surface area is 169 Å². The summed E-state index contributed by atoms with van der Waals surface area (Å²) in [6.45, 7) is 0. The van der Waals surface area contributed by atoms with Crippen LogP contribution in [0.3, 0.4) is 0 Å². The summed E-state index contributed by atoms with van der Waals surface area (Å²) < 4.78 is 64.9. The quantitative estimate of drug-likeness (QED) is 0.714. The standard InChI is InChI=1S/C19H15F3N2O3S2/c20-19(21,22)13-8-4-5-9-14(13)24-15-10-29(26,27)11-16(15)28-18(24)23-17(25)12-6-2-1-3-7-12/h1-9,15-16H,10-11H2/t15-,16+/m0/s1. The molecular weight excluding hydrogens is 425 g/mol. The summed E-state index contributed by atoms with van der Waals surface area (Å²) >= 11 is 1.04. The Morgan fingerprint density at radius 3 is 2.38 bits per heavy atom. The molecule has 10 heteroatoms. The molecule has 0 radical (unpaired) electrons. The molecule has 29 heavy (non-hydrogen) atoms. The van der Waals surface area contributed by atoms with Crippen LogP contribution in [-0.2, 0) is 16.0 Å².